The zero-order valence-corrected chi connectivity index (χ0v) is 14.4. The van der Waals surface area contributed by atoms with Crippen LogP contribution in [0.25, 0.3) is 0 Å². The number of nitrogens with one attached hydrogen (secondary N) is 1. The van der Waals surface area contributed by atoms with Crippen molar-refractivity contribution in [2.75, 3.05) is 6.54 Å². The lowest BCUT2D eigenvalue weighted by Crippen LogP contribution is -2.38. The minimum atomic E-state index is -0.0994. The summed E-state index contributed by atoms with van der Waals surface area (Å²) in [6.07, 6.45) is 2.37. The Morgan fingerprint density at radius 1 is 1.35 bits per heavy atom. The second-order valence-electron chi connectivity index (χ2n) is 5.61. The molecule has 1 unspecified atom stereocenters. The lowest BCUT2D eigenvalue weighted by Gasteiger charge is -2.12. The standard InChI is InChI=1S/C17H20N2O2S.ClH/c18-16(12-6-7-12)10-19-17(20)13-3-1-4-14(9-13)21-11-15-5-2-8-22-15;/h1-5,8-9,12,16H,6-7,10-11,18H2,(H,19,20);1H. The van der Waals surface area contributed by atoms with Gasteiger partial charge in [0.15, 0.2) is 0 Å². The van der Waals surface area contributed by atoms with E-state index in [9.17, 15) is 4.79 Å². The van der Waals surface area contributed by atoms with Gasteiger partial charge in [-0.05, 0) is 48.4 Å². The van der Waals surface area contributed by atoms with Crippen LogP contribution in [0.2, 0.25) is 0 Å². The minimum Gasteiger partial charge on any atom is -0.488 e. The summed E-state index contributed by atoms with van der Waals surface area (Å²) in [6.45, 7) is 1.05. The molecule has 0 bridgehead atoms. The van der Waals surface area contributed by atoms with Crippen LogP contribution in [0, 0.1) is 5.92 Å². The summed E-state index contributed by atoms with van der Waals surface area (Å²) in [5, 5.41) is 4.92. The topological polar surface area (TPSA) is 64.3 Å². The molecule has 0 spiro atoms. The molecule has 1 atom stereocenters. The maximum absolute atomic E-state index is 12.2. The zero-order chi connectivity index (χ0) is 15.4. The third-order valence-electron chi connectivity index (χ3n) is 3.78. The summed E-state index contributed by atoms with van der Waals surface area (Å²) in [5.41, 5.74) is 6.60. The fourth-order valence-electron chi connectivity index (χ4n) is 2.28. The number of ether oxygens (including phenoxy) is 1. The lowest BCUT2D eigenvalue weighted by atomic mass is 10.1. The van der Waals surface area contributed by atoms with Gasteiger partial charge in [0.1, 0.15) is 12.4 Å². The van der Waals surface area contributed by atoms with Crippen molar-refractivity contribution in [2.45, 2.75) is 25.5 Å². The van der Waals surface area contributed by atoms with Crippen LogP contribution in [0.15, 0.2) is 41.8 Å². The van der Waals surface area contributed by atoms with Crippen molar-refractivity contribution in [1.82, 2.24) is 5.32 Å². The summed E-state index contributed by atoms with van der Waals surface area (Å²) >= 11 is 1.65. The second-order valence-corrected chi connectivity index (χ2v) is 6.64. The highest BCUT2D eigenvalue weighted by atomic mass is 35.5. The largest absolute Gasteiger partial charge is 0.488 e. The number of benzene rings is 1. The number of rotatable bonds is 7. The molecule has 3 N–H and O–H groups in total. The number of halogens is 1. The van der Waals surface area contributed by atoms with Crippen LogP contribution in [0.4, 0.5) is 0 Å². The van der Waals surface area contributed by atoms with Crippen molar-refractivity contribution < 1.29 is 9.53 Å². The molecule has 1 fully saturated rings. The molecule has 1 heterocycles. The molecule has 1 aliphatic rings. The molecule has 2 aromatic rings. The Balaban J connectivity index is 0.00000192. The lowest BCUT2D eigenvalue weighted by molar-refractivity contribution is 0.0950. The van der Waals surface area contributed by atoms with Crippen LogP contribution >= 0.6 is 23.7 Å². The molecule has 4 nitrogen and oxygen atoms in total. The summed E-state index contributed by atoms with van der Waals surface area (Å²) in [4.78, 5) is 13.3. The summed E-state index contributed by atoms with van der Waals surface area (Å²) in [5.74, 6) is 1.19. The van der Waals surface area contributed by atoms with E-state index in [-0.39, 0.29) is 24.4 Å². The molecule has 0 saturated heterocycles. The number of carbonyl (C=O) groups excluding carboxylic acids is 1. The van der Waals surface area contributed by atoms with Crippen LogP contribution in [-0.2, 0) is 6.61 Å². The van der Waals surface area contributed by atoms with Gasteiger partial charge in [-0.1, -0.05) is 12.1 Å². The van der Waals surface area contributed by atoms with E-state index in [0.717, 1.165) is 4.88 Å². The number of hydrogen-bond acceptors (Lipinski definition) is 4. The highest BCUT2D eigenvalue weighted by molar-refractivity contribution is 7.09. The molecule has 0 radical (unpaired) electrons. The number of carbonyl (C=O) groups is 1. The molecule has 3 rings (SSSR count). The van der Waals surface area contributed by atoms with E-state index >= 15 is 0 Å². The first kappa shape index (κ1) is 17.8. The quantitative estimate of drug-likeness (QED) is 0.804. The zero-order valence-electron chi connectivity index (χ0n) is 12.7. The third-order valence-corrected chi connectivity index (χ3v) is 4.63. The van der Waals surface area contributed by atoms with Gasteiger partial charge in [-0.3, -0.25) is 4.79 Å². The van der Waals surface area contributed by atoms with Crippen molar-refractivity contribution in [3.05, 3.63) is 52.2 Å². The van der Waals surface area contributed by atoms with Crippen molar-refractivity contribution in [3.63, 3.8) is 0 Å². The SMILES string of the molecule is Cl.NC(CNC(=O)c1cccc(OCc2cccs2)c1)C1CC1. The second kappa shape index (κ2) is 8.34. The van der Waals surface area contributed by atoms with E-state index in [4.69, 9.17) is 10.5 Å². The first-order valence-corrected chi connectivity index (χ1v) is 8.39. The van der Waals surface area contributed by atoms with E-state index in [0.29, 0.717) is 30.4 Å². The summed E-state index contributed by atoms with van der Waals surface area (Å²) in [7, 11) is 0. The molecule has 1 aromatic carbocycles. The molecule has 124 valence electrons. The van der Waals surface area contributed by atoms with Gasteiger partial charge in [-0.25, -0.2) is 0 Å². The van der Waals surface area contributed by atoms with Crippen molar-refractivity contribution >= 4 is 29.7 Å². The summed E-state index contributed by atoms with van der Waals surface area (Å²) < 4.78 is 5.72. The van der Waals surface area contributed by atoms with E-state index in [2.05, 4.69) is 5.32 Å². The normalized spacial score (nSPS) is 14.7. The highest BCUT2D eigenvalue weighted by Crippen LogP contribution is 2.31. The van der Waals surface area contributed by atoms with Crippen LogP contribution in [-0.4, -0.2) is 18.5 Å². The Labute approximate surface area is 146 Å². The Morgan fingerprint density at radius 3 is 2.87 bits per heavy atom. The maximum atomic E-state index is 12.2. The molecular formula is C17H21ClN2O2S. The predicted molar refractivity (Wildman–Crippen MR) is 95.4 cm³/mol. The molecule has 0 aliphatic heterocycles. The Hall–Kier alpha value is -1.56. The Morgan fingerprint density at radius 2 is 2.17 bits per heavy atom. The van der Waals surface area contributed by atoms with E-state index < -0.39 is 0 Å². The average Bonchev–Trinajstić information content (AvgIpc) is 3.27. The van der Waals surface area contributed by atoms with Crippen molar-refractivity contribution in [1.29, 1.82) is 0 Å². The van der Waals surface area contributed by atoms with Crippen molar-refractivity contribution in [2.24, 2.45) is 11.7 Å². The molecule has 1 saturated carbocycles. The number of thiophene rings is 1. The van der Waals surface area contributed by atoms with Crippen LogP contribution < -0.4 is 15.8 Å². The van der Waals surface area contributed by atoms with Crippen LogP contribution in [0.3, 0.4) is 0 Å². The van der Waals surface area contributed by atoms with Gasteiger partial charge in [0.05, 0.1) is 0 Å². The van der Waals surface area contributed by atoms with E-state index in [1.165, 1.54) is 12.8 Å². The first-order valence-electron chi connectivity index (χ1n) is 7.51. The first-order chi connectivity index (χ1) is 10.7. The average molecular weight is 353 g/mol. The van der Waals surface area contributed by atoms with E-state index in [1.807, 2.05) is 29.6 Å². The Bertz CT molecular complexity index is 629. The Kier molecular flexibility index (Phi) is 6.45. The van der Waals surface area contributed by atoms with Gasteiger partial charge in [0.25, 0.3) is 5.91 Å². The summed E-state index contributed by atoms with van der Waals surface area (Å²) in [6, 6.07) is 11.3. The fourth-order valence-corrected chi connectivity index (χ4v) is 2.90. The smallest absolute Gasteiger partial charge is 0.251 e. The number of nitrogens with two attached hydrogens (primary N) is 1. The predicted octanol–water partition coefficient (Wildman–Crippen LogP) is 3.22. The third kappa shape index (κ3) is 5.23. The van der Waals surface area contributed by atoms with Gasteiger partial charge in [-0.2, -0.15) is 0 Å². The minimum absolute atomic E-state index is 0. The molecule has 1 aliphatic carbocycles. The number of hydrogen-bond donors (Lipinski definition) is 2. The maximum Gasteiger partial charge on any atom is 0.251 e. The highest BCUT2D eigenvalue weighted by Gasteiger charge is 2.28. The molecule has 1 aromatic heterocycles. The molecule has 1 amide bonds. The number of amides is 1. The van der Waals surface area contributed by atoms with Crippen LogP contribution in [0.5, 0.6) is 5.75 Å². The van der Waals surface area contributed by atoms with Gasteiger partial charge in [0.2, 0.25) is 0 Å². The molecular weight excluding hydrogens is 332 g/mol. The fraction of sp³-hybridized carbons (Fsp3) is 0.353. The monoisotopic (exact) mass is 352 g/mol. The van der Waals surface area contributed by atoms with Gasteiger partial charge >= 0.3 is 0 Å². The van der Waals surface area contributed by atoms with Crippen LogP contribution in [0.1, 0.15) is 28.1 Å². The van der Waals surface area contributed by atoms with Gasteiger partial charge < -0.3 is 15.8 Å². The molecule has 23 heavy (non-hydrogen) atoms. The van der Waals surface area contributed by atoms with Crippen molar-refractivity contribution in [3.8, 4) is 5.75 Å². The van der Waals surface area contributed by atoms with E-state index in [1.54, 1.807) is 23.5 Å². The molecule has 6 heteroatoms. The van der Waals surface area contributed by atoms with Gasteiger partial charge in [0, 0.05) is 23.0 Å². The van der Waals surface area contributed by atoms with Gasteiger partial charge in [-0.15, -0.1) is 23.7 Å².